The van der Waals surface area contributed by atoms with Gasteiger partial charge in [-0.1, -0.05) is 19.8 Å². The SMILES string of the molecule is CCNC(=NCCCN1CCCC(C(N)=O)C1)N(C)CC1CCC(C)CC1. The predicted molar refractivity (Wildman–Crippen MR) is 113 cm³/mol. The number of piperidine rings is 1. The van der Waals surface area contributed by atoms with Crippen LogP contribution in [0.25, 0.3) is 0 Å². The summed E-state index contributed by atoms with van der Waals surface area (Å²) in [4.78, 5) is 20.9. The topological polar surface area (TPSA) is 74.0 Å². The zero-order chi connectivity index (χ0) is 19.6. The number of guanidine groups is 1. The van der Waals surface area contributed by atoms with E-state index in [0.717, 1.165) is 76.3 Å². The first kappa shape index (κ1) is 22.0. The molecule has 0 spiro atoms. The van der Waals surface area contributed by atoms with Crippen molar-refractivity contribution in [3.8, 4) is 0 Å². The van der Waals surface area contributed by atoms with Gasteiger partial charge in [0, 0.05) is 33.2 Å². The molecule has 2 rings (SSSR count). The third-order valence-corrected chi connectivity index (χ3v) is 6.17. The number of hydrogen-bond donors (Lipinski definition) is 2. The number of likely N-dealkylation sites (tertiary alicyclic amines) is 1. The number of carbonyl (C=O) groups excluding carboxylic acids is 1. The smallest absolute Gasteiger partial charge is 0.221 e. The van der Waals surface area contributed by atoms with Crippen molar-refractivity contribution in [1.82, 2.24) is 15.1 Å². The molecule has 1 aliphatic carbocycles. The number of carbonyl (C=O) groups is 1. The maximum absolute atomic E-state index is 11.4. The Bertz CT molecular complexity index is 473. The van der Waals surface area contributed by atoms with Crippen molar-refractivity contribution in [2.75, 3.05) is 46.3 Å². The summed E-state index contributed by atoms with van der Waals surface area (Å²) in [5.41, 5.74) is 5.47. The molecule has 0 bridgehead atoms. The summed E-state index contributed by atoms with van der Waals surface area (Å²) < 4.78 is 0. The standard InChI is InChI=1S/C21H41N5O/c1-4-23-21(25(3)15-18-10-8-17(2)9-11-18)24-12-6-14-26-13-5-7-19(16-26)20(22)27/h17-19H,4-16H2,1-3H3,(H2,22,27)(H,23,24). The van der Waals surface area contributed by atoms with Gasteiger partial charge in [-0.25, -0.2) is 0 Å². The summed E-state index contributed by atoms with van der Waals surface area (Å²) >= 11 is 0. The number of rotatable bonds is 8. The molecule has 1 unspecified atom stereocenters. The molecule has 0 radical (unpaired) electrons. The number of nitrogens with two attached hydrogens (primary N) is 1. The lowest BCUT2D eigenvalue weighted by atomic mass is 9.83. The molecule has 1 saturated carbocycles. The van der Waals surface area contributed by atoms with Crippen molar-refractivity contribution >= 4 is 11.9 Å². The lowest BCUT2D eigenvalue weighted by molar-refractivity contribution is -0.123. The van der Waals surface area contributed by atoms with E-state index in [0.29, 0.717) is 0 Å². The highest BCUT2D eigenvalue weighted by Crippen LogP contribution is 2.28. The molecule has 3 N–H and O–H groups in total. The zero-order valence-electron chi connectivity index (χ0n) is 17.8. The Morgan fingerprint density at radius 2 is 2.00 bits per heavy atom. The van der Waals surface area contributed by atoms with E-state index in [2.05, 4.69) is 36.0 Å². The van der Waals surface area contributed by atoms with Crippen molar-refractivity contribution in [3.63, 3.8) is 0 Å². The van der Waals surface area contributed by atoms with Gasteiger partial charge in [0.25, 0.3) is 0 Å². The molecule has 27 heavy (non-hydrogen) atoms. The molecule has 1 heterocycles. The largest absolute Gasteiger partial charge is 0.369 e. The van der Waals surface area contributed by atoms with Gasteiger partial charge < -0.3 is 20.9 Å². The maximum atomic E-state index is 11.4. The lowest BCUT2D eigenvalue weighted by Gasteiger charge is -2.32. The van der Waals surface area contributed by atoms with E-state index in [1.54, 1.807) is 0 Å². The van der Waals surface area contributed by atoms with Gasteiger partial charge in [0.15, 0.2) is 5.96 Å². The third-order valence-electron chi connectivity index (χ3n) is 6.17. The second kappa shape index (κ2) is 11.5. The van der Waals surface area contributed by atoms with Crippen LogP contribution in [0.15, 0.2) is 4.99 Å². The van der Waals surface area contributed by atoms with E-state index in [9.17, 15) is 4.79 Å². The van der Waals surface area contributed by atoms with Crippen LogP contribution in [0.1, 0.15) is 58.8 Å². The maximum Gasteiger partial charge on any atom is 0.221 e. The summed E-state index contributed by atoms with van der Waals surface area (Å²) in [6.45, 7) is 10.2. The molecule has 2 aliphatic rings. The monoisotopic (exact) mass is 379 g/mol. The molecule has 1 amide bonds. The van der Waals surface area contributed by atoms with Crippen molar-refractivity contribution in [2.45, 2.75) is 58.8 Å². The van der Waals surface area contributed by atoms with Crippen LogP contribution >= 0.6 is 0 Å². The molecule has 0 aromatic carbocycles. The third kappa shape index (κ3) is 7.68. The zero-order valence-corrected chi connectivity index (χ0v) is 17.8. The number of hydrogen-bond acceptors (Lipinski definition) is 3. The van der Waals surface area contributed by atoms with Gasteiger partial charge >= 0.3 is 0 Å². The van der Waals surface area contributed by atoms with Crippen LogP contribution in [0, 0.1) is 17.8 Å². The molecule has 156 valence electrons. The van der Waals surface area contributed by atoms with Gasteiger partial charge in [-0.3, -0.25) is 9.79 Å². The van der Waals surface area contributed by atoms with Gasteiger partial charge in [-0.05, 0) is 64.0 Å². The molecular weight excluding hydrogens is 338 g/mol. The van der Waals surface area contributed by atoms with E-state index in [1.165, 1.54) is 25.7 Å². The Labute approximate surface area is 165 Å². The van der Waals surface area contributed by atoms with Crippen LogP contribution in [0.2, 0.25) is 0 Å². The van der Waals surface area contributed by atoms with Crippen LogP contribution in [-0.4, -0.2) is 68.0 Å². The molecule has 1 atom stereocenters. The minimum absolute atomic E-state index is 0.0314. The average Bonchev–Trinajstić information content (AvgIpc) is 2.66. The first-order chi connectivity index (χ1) is 13.0. The fraction of sp³-hybridized carbons (Fsp3) is 0.905. The highest BCUT2D eigenvalue weighted by Gasteiger charge is 2.23. The molecular formula is C21H41N5O. The predicted octanol–water partition coefficient (Wildman–Crippen LogP) is 2.30. The summed E-state index contributed by atoms with van der Waals surface area (Å²) in [5, 5.41) is 3.44. The van der Waals surface area contributed by atoms with Gasteiger partial charge in [-0.2, -0.15) is 0 Å². The fourth-order valence-electron chi connectivity index (χ4n) is 4.43. The lowest BCUT2D eigenvalue weighted by Crippen LogP contribution is -2.42. The molecule has 1 aliphatic heterocycles. The van der Waals surface area contributed by atoms with E-state index < -0.39 is 0 Å². The summed E-state index contributed by atoms with van der Waals surface area (Å²) in [5.74, 6) is 2.62. The minimum Gasteiger partial charge on any atom is -0.369 e. The second-order valence-electron chi connectivity index (χ2n) is 8.64. The van der Waals surface area contributed by atoms with Gasteiger partial charge in [-0.15, -0.1) is 0 Å². The number of amides is 1. The number of primary amides is 1. The highest BCUT2D eigenvalue weighted by molar-refractivity contribution is 5.79. The normalized spacial score (nSPS) is 27.4. The second-order valence-corrected chi connectivity index (χ2v) is 8.64. The Balaban J connectivity index is 1.74. The highest BCUT2D eigenvalue weighted by atomic mass is 16.1. The van der Waals surface area contributed by atoms with Crippen LogP contribution < -0.4 is 11.1 Å². The Kier molecular flexibility index (Phi) is 9.39. The minimum atomic E-state index is -0.147. The van der Waals surface area contributed by atoms with E-state index >= 15 is 0 Å². The molecule has 2 fully saturated rings. The number of nitrogens with zero attached hydrogens (tertiary/aromatic N) is 3. The molecule has 6 nitrogen and oxygen atoms in total. The molecule has 0 aromatic rings. The molecule has 0 aromatic heterocycles. The van der Waals surface area contributed by atoms with E-state index in [1.807, 2.05) is 0 Å². The van der Waals surface area contributed by atoms with E-state index in [-0.39, 0.29) is 11.8 Å². The van der Waals surface area contributed by atoms with Gasteiger partial charge in [0.2, 0.25) is 5.91 Å². The molecule has 6 heteroatoms. The molecule has 1 saturated heterocycles. The van der Waals surface area contributed by atoms with Crippen molar-refractivity contribution in [1.29, 1.82) is 0 Å². The summed E-state index contributed by atoms with van der Waals surface area (Å²) in [6.07, 6.45) is 8.47. The quantitative estimate of drug-likeness (QED) is 0.385. The van der Waals surface area contributed by atoms with Crippen molar-refractivity contribution in [2.24, 2.45) is 28.5 Å². The Morgan fingerprint density at radius 3 is 2.67 bits per heavy atom. The van der Waals surface area contributed by atoms with Crippen LogP contribution in [-0.2, 0) is 4.79 Å². The van der Waals surface area contributed by atoms with Gasteiger partial charge in [0.1, 0.15) is 0 Å². The van der Waals surface area contributed by atoms with E-state index in [4.69, 9.17) is 10.7 Å². The first-order valence-electron chi connectivity index (χ1n) is 11.0. The Hall–Kier alpha value is -1.30. The Morgan fingerprint density at radius 1 is 1.26 bits per heavy atom. The average molecular weight is 380 g/mol. The van der Waals surface area contributed by atoms with Crippen LogP contribution in [0.4, 0.5) is 0 Å². The van der Waals surface area contributed by atoms with Crippen molar-refractivity contribution in [3.05, 3.63) is 0 Å². The summed E-state index contributed by atoms with van der Waals surface area (Å²) in [6, 6.07) is 0. The van der Waals surface area contributed by atoms with Gasteiger partial charge in [0.05, 0.1) is 5.92 Å². The van der Waals surface area contributed by atoms with Crippen LogP contribution in [0.5, 0.6) is 0 Å². The number of nitrogens with one attached hydrogen (secondary N) is 1. The summed E-state index contributed by atoms with van der Waals surface area (Å²) in [7, 11) is 2.17. The fourth-order valence-corrected chi connectivity index (χ4v) is 4.43. The van der Waals surface area contributed by atoms with Crippen LogP contribution in [0.3, 0.4) is 0 Å². The van der Waals surface area contributed by atoms with Crippen molar-refractivity contribution < 1.29 is 4.79 Å². The first-order valence-corrected chi connectivity index (χ1v) is 11.0. The number of aliphatic imine (C=N–C) groups is 1.